The fourth-order valence-electron chi connectivity index (χ4n) is 1.97. The first-order chi connectivity index (χ1) is 8.56. The summed E-state index contributed by atoms with van der Waals surface area (Å²) in [5.41, 5.74) is 0.105. The molecule has 1 saturated heterocycles. The number of rotatable bonds is 3. The van der Waals surface area contributed by atoms with Gasteiger partial charge in [-0.2, -0.15) is 0 Å². The second-order valence-corrected chi connectivity index (χ2v) is 4.47. The van der Waals surface area contributed by atoms with E-state index in [2.05, 4.69) is 15.2 Å². The van der Waals surface area contributed by atoms with Gasteiger partial charge in [-0.1, -0.05) is 0 Å². The molecule has 1 aliphatic rings. The van der Waals surface area contributed by atoms with E-state index in [1.165, 1.54) is 18.3 Å². The normalized spacial score (nSPS) is 19.7. The predicted octanol–water partition coefficient (Wildman–Crippen LogP) is 0.670. The molecule has 1 unspecified atom stereocenters. The maximum absolute atomic E-state index is 11.9. The average Bonchev–Trinajstić information content (AvgIpc) is 2.76. The van der Waals surface area contributed by atoms with Gasteiger partial charge >= 0.3 is 5.97 Å². The van der Waals surface area contributed by atoms with Crippen LogP contribution in [0.15, 0.2) is 18.3 Å². The number of carbonyl (C=O) groups is 2. The van der Waals surface area contributed by atoms with Crippen molar-refractivity contribution in [3.8, 4) is 0 Å². The number of nitrogens with zero attached hydrogens (tertiary/aromatic N) is 2. The maximum atomic E-state index is 11.9. The highest BCUT2D eigenvalue weighted by Gasteiger charge is 2.26. The molecular weight excluding hydrogens is 234 g/mol. The van der Waals surface area contributed by atoms with Crippen LogP contribution >= 0.6 is 0 Å². The van der Waals surface area contributed by atoms with Crippen LogP contribution in [-0.2, 0) is 4.79 Å². The zero-order chi connectivity index (χ0) is 13.1. The van der Waals surface area contributed by atoms with Crippen LogP contribution in [0, 0.1) is 5.92 Å². The fourth-order valence-corrected chi connectivity index (χ4v) is 1.97. The van der Waals surface area contributed by atoms with Gasteiger partial charge in [-0.25, -0.2) is 9.78 Å². The Bertz CT molecular complexity index is 458. The van der Waals surface area contributed by atoms with Crippen molar-refractivity contribution in [2.24, 2.45) is 5.92 Å². The smallest absolute Gasteiger partial charge is 0.337 e. The Balaban J connectivity index is 1.97. The number of pyridine rings is 1. The molecule has 1 fully saturated rings. The molecule has 18 heavy (non-hydrogen) atoms. The average molecular weight is 249 g/mol. The van der Waals surface area contributed by atoms with E-state index in [9.17, 15) is 9.59 Å². The van der Waals surface area contributed by atoms with Crippen LogP contribution in [0.5, 0.6) is 0 Å². The summed E-state index contributed by atoms with van der Waals surface area (Å²) in [5, 5.41) is 11.4. The monoisotopic (exact) mass is 249 g/mol. The first kappa shape index (κ1) is 12.5. The maximum Gasteiger partial charge on any atom is 0.337 e. The van der Waals surface area contributed by atoms with E-state index in [0.717, 1.165) is 19.5 Å². The lowest BCUT2D eigenvalue weighted by molar-refractivity contribution is -0.119. The molecule has 2 N–H and O–H groups in total. The van der Waals surface area contributed by atoms with Gasteiger partial charge < -0.3 is 15.3 Å². The van der Waals surface area contributed by atoms with Gasteiger partial charge in [0.25, 0.3) is 0 Å². The Hall–Kier alpha value is -1.95. The lowest BCUT2D eigenvalue weighted by Crippen LogP contribution is -2.25. The van der Waals surface area contributed by atoms with Crippen molar-refractivity contribution in [3.05, 3.63) is 23.9 Å². The number of carbonyl (C=O) groups excluding carboxylic acids is 1. The molecule has 1 amide bonds. The lowest BCUT2D eigenvalue weighted by atomic mass is 10.1. The quantitative estimate of drug-likeness (QED) is 0.822. The van der Waals surface area contributed by atoms with Gasteiger partial charge in [-0.05, 0) is 32.1 Å². The van der Waals surface area contributed by atoms with Crippen LogP contribution in [0.4, 0.5) is 5.82 Å². The number of anilines is 1. The summed E-state index contributed by atoms with van der Waals surface area (Å²) < 4.78 is 0. The number of nitrogens with one attached hydrogen (secondary N) is 1. The first-order valence-corrected chi connectivity index (χ1v) is 5.75. The molecule has 0 bridgehead atoms. The molecule has 1 aliphatic heterocycles. The minimum absolute atomic E-state index is 0.0176. The number of likely N-dealkylation sites (tertiary alicyclic amines) is 1. The molecule has 0 saturated carbocycles. The molecule has 0 radical (unpaired) electrons. The minimum atomic E-state index is -1.03. The van der Waals surface area contributed by atoms with Crippen LogP contribution in [0.25, 0.3) is 0 Å². The van der Waals surface area contributed by atoms with E-state index in [1.54, 1.807) is 0 Å². The van der Waals surface area contributed by atoms with Crippen molar-refractivity contribution < 1.29 is 14.7 Å². The van der Waals surface area contributed by atoms with Gasteiger partial charge in [0.05, 0.1) is 11.5 Å². The summed E-state index contributed by atoms with van der Waals surface area (Å²) >= 11 is 0. The van der Waals surface area contributed by atoms with Gasteiger partial charge in [0.2, 0.25) is 5.91 Å². The molecule has 96 valence electrons. The molecule has 1 atom stereocenters. The zero-order valence-electron chi connectivity index (χ0n) is 10.1. The number of aromatic carboxylic acids is 1. The van der Waals surface area contributed by atoms with Crippen molar-refractivity contribution >= 4 is 17.7 Å². The lowest BCUT2D eigenvalue weighted by Gasteiger charge is -2.10. The number of carboxylic acids is 1. The summed E-state index contributed by atoms with van der Waals surface area (Å²) in [7, 11) is 1.98. The van der Waals surface area contributed by atoms with Gasteiger partial charge in [-0.3, -0.25) is 4.79 Å². The third kappa shape index (κ3) is 2.84. The highest BCUT2D eigenvalue weighted by atomic mass is 16.4. The summed E-state index contributed by atoms with van der Waals surface area (Å²) in [6.07, 6.45) is 2.08. The number of hydrogen-bond acceptors (Lipinski definition) is 4. The number of amides is 1. The second kappa shape index (κ2) is 5.14. The highest BCUT2D eigenvalue weighted by Crippen LogP contribution is 2.16. The van der Waals surface area contributed by atoms with Crippen LogP contribution in [-0.4, -0.2) is 47.0 Å². The van der Waals surface area contributed by atoms with Gasteiger partial charge in [0.15, 0.2) is 0 Å². The third-order valence-electron chi connectivity index (χ3n) is 3.02. The van der Waals surface area contributed by atoms with Crippen LogP contribution in [0.3, 0.4) is 0 Å². The van der Waals surface area contributed by atoms with Crippen molar-refractivity contribution in [2.75, 3.05) is 25.5 Å². The molecule has 2 heterocycles. The van der Waals surface area contributed by atoms with Gasteiger partial charge in [-0.15, -0.1) is 0 Å². The van der Waals surface area contributed by atoms with Crippen LogP contribution in [0.1, 0.15) is 16.8 Å². The Labute approximate surface area is 105 Å². The summed E-state index contributed by atoms with van der Waals surface area (Å²) in [6, 6.07) is 2.92. The zero-order valence-corrected chi connectivity index (χ0v) is 10.1. The van der Waals surface area contributed by atoms with E-state index in [4.69, 9.17) is 5.11 Å². The van der Waals surface area contributed by atoms with E-state index >= 15 is 0 Å². The highest BCUT2D eigenvalue weighted by molar-refractivity contribution is 5.92. The summed E-state index contributed by atoms with van der Waals surface area (Å²) in [5.74, 6) is -0.719. The summed E-state index contributed by atoms with van der Waals surface area (Å²) in [4.78, 5) is 28.5. The van der Waals surface area contributed by atoms with E-state index in [1.807, 2.05) is 7.05 Å². The molecular formula is C12H15N3O3. The van der Waals surface area contributed by atoms with E-state index in [-0.39, 0.29) is 17.4 Å². The third-order valence-corrected chi connectivity index (χ3v) is 3.02. The molecule has 0 spiro atoms. The van der Waals surface area contributed by atoms with Crippen molar-refractivity contribution in [1.29, 1.82) is 0 Å². The standard InChI is InChI=1S/C12H15N3O3/c1-15-5-4-9(7-15)11(16)14-10-3-2-8(6-13-10)12(17)18/h2-3,6,9H,4-5,7H2,1H3,(H,17,18)(H,13,14,16). The summed E-state index contributed by atoms with van der Waals surface area (Å²) in [6.45, 7) is 1.67. The van der Waals surface area contributed by atoms with E-state index < -0.39 is 5.97 Å². The molecule has 0 aliphatic carbocycles. The molecule has 0 aromatic carbocycles. The van der Waals surface area contributed by atoms with Crippen LogP contribution < -0.4 is 5.32 Å². The van der Waals surface area contributed by atoms with Gasteiger partial charge in [0, 0.05) is 12.7 Å². The Morgan fingerprint density at radius 1 is 1.50 bits per heavy atom. The Kier molecular flexibility index (Phi) is 3.57. The fraction of sp³-hybridized carbons (Fsp3) is 0.417. The Morgan fingerprint density at radius 3 is 2.78 bits per heavy atom. The van der Waals surface area contributed by atoms with Crippen molar-refractivity contribution in [1.82, 2.24) is 9.88 Å². The first-order valence-electron chi connectivity index (χ1n) is 5.75. The topological polar surface area (TPSA) is 82.5 Å². The number of aromatic nitrogens is 1. The molecule has 6 heteroatoms. The number of hydrogen-bond donors (Lipinski definition) is 2. The Morgan fingerprint density at radius 2 is 2.28 bits per heavy atom. The molecule has 1 aromatic heterocycles. The number of carboxylic acid groups (broad SMARTS) is 1. The van der Waals surface area contributed by atoms with Crippen molar-refractivity contribution in [2.45, 2.75) is 6.42 Å². The largest absolute Gasteiger partial charge is 0.478 e. The van der Waals surface area contributed by atoms with Crippen molar-refractivity contribution in [3.63, 3.8) is 0 Å². The van der Waals surface area contributed by atoms with E-state index in [0.29, 0.717) is 5.82 Å². The molecule has 2 rings (SSSR count). The second-order valence-electron chi connectivity index (χ2n) is 4.47. The minimum Gasteiger partial charge on any atom is -0.478 e. The predicted molar refractivity (Wildman–Crippen MR) is 65.4 cm³/mol. The van der Waals surface area contributed by atoms with Crippen LogP contribution in [0.2, 0.25) is 0 Å². The molecule has 6 nitrogen and oxygen atoms in total. The van der Waals surface area contributed by atoms with Gasteiger partial charge in [0.1, 0.15) is 5.82 Å². The SMILES string of the molecule is CN1CCC(C(=O)Nc2ccc(C(=O)O)cn2)C1. The molecule has 1 aromatic rings.